The molecule has 3 heteroatoms. The Morgan fingerprint density at radius 2 is 2.50 bits per heavy atom. The van der Waals surface area contributed by atoms with Crippen molar-refractivity contribution in [2.45, 2.75) is 18.4 Å². The number of aryl methyl sites for hydroxylation is 1. The molecule has 0 spiro atoms. The van der Waals surface area contributed by atoms with Crippen molar-refractivity contribution in [3.05, 3.63) is 18.0 Å². The molecule has 3 nitrogen and oxygen atoms in total. The zero-order valence-electron chi connectivity index (χ0n) is 5.99. The Labute approximate surface area is 59.8 Å². The Balaban J connectivity index is 2.20. The van der Waals surface area contributed by atoms with E-state index in [0.717, 1.165) is 6.42 Å². The maximum Gasteiger partial charge on any atom is 0.0525 e. The molecule has 0 radical (unpaired) electrons. The van der Waals surface area contributed by atoms with Crippen molar-refractivity contribution in [1.29, 1.82) is 0 Å². The lowest BCUT2D eigenvalue weighted by Crippen LogP contribution is -2.00. The zero-order valence-corrected chi connectivity index (χ0v) is 5.99. The fourth-order valence-corrected chi connectivity index (χ4v) is 1.23. The van der Waals surface area contributed by atoms with Gasteiger partial charge in [-0.05, 0) is 12.0 Å². The van der Waals surface area contributed by atoms with E-state index in [2.05, 4.69) is 5.10 Å². The third-order valence-electron chi connectivity index (χ3n) is 1.99. The summed E-state index contributed by atoms with van der Waals surface area (Å²) < 4.78 is 1.82. The molecule has 54 valence electrons. The second kappa shape index (κ2) is 1.83. The predicted molar refractivity (Wildman–Crippen MR) is 38.5 cm³/mol. The van der Waals surface area contributed by atoms with Crippen LogP contribution >= 0.6 is 0 Å². The molecule has 1 aromatic rings. The molecule has 0 aliphatic heterocycles. The second-order valence-electron chi connectivity index (χ2n) is 2.95. The minimum Gasteiger partial charge on any atom is -0.327 e. The molecule has 1 heterocycles. The summed E-state index contributed by atoms with van der Waals surface area (Å²) in [5.74, 6) is 0.591. The van der Waals surface area contributed by atoms with Gasteiger partial charge < -0.3 is 5.73 Å². The highest BCUT2D eigenvalue weighted by molar-refractivity contribution is 5.22. The van der Waals surface area contributed by atoms with Gasteiger partial charge in [0.05, 0.1) is 6.20 Å². The van der Waals surface area contributed by atoms with Crippen LogP contribution in [-0.4, -0.2) is 15.8 Å². The number of nitrogens with two attached hydrogens (primary N) is 1. The topological polar surface area (TPSA) is 43.8 Å². The quantitative estimate of drug-likeness (QED) is 0.602. The van der Waals surface area contributed by atoms with E-state index in [0.29, 0.717) is 12.0 Å². The maximum absolute atomic E-state index is 5.67. The predicted octanol–water partition coefficient (Wildman–Crippen LogP) is 0.235. The molecule has 0 bridgehead atoms. The molecule has 0 unspecified atom stereocenters. The normalized spacial score (nSPS) is 30.6. The van der Waals surface area contributed by atoms with Crippen molar-refractivity contribution in [1.82, 2.24) is 9.78 Å². The van der Waals surface area contributed by atoms with Gasteiger partial charge in [-0.1, -0.05) is 0 Å². The van der Waals surface area contributed by atoms with E-state index < -0.39 is 0 Å². The summed E-state index contributed by atoms with van der Waals surface area (Å²) in [6.07, 6.45) is 5.07. The van der Waals surface area contributed by atoms with Crippen LogP contribution in [-0.2, 0) is 7.05 Å². The van der Waals surface area contributed by atoms with Gasteiger partial charge in [0.1, 0.15) is 0 Å². The summed E-state index contributed by atoms with van der Waals surface area (Å²) in [7, 11) is 1.93. The van der Waals surface area contributed by atoms with Gasteiger partial charge in [-0.25, -0.2) is 0 Å². The second-order valence-corrected chi connectivity index (χ2v) is 2.95. The van der Waals surface area contributed by atoms with Gasteiger partial charge in [0, 0.05) is 25.2 Å². The number of hydrogen-bond donors (Lipinski definition) is 1. The van der Waals surface area contributed by atoms with Gasteiger partial charge in [0.15, 0.2) is 0 Å². The first kappa shape index (κ1) is 5.92. The lowest BCUT2D eigenvalue weighted by Gasteiger charge is -1.86. The van der Waals surface area contributed by atoms with E-state index in [-0.39, 0.29) is 0 Å². The van der Waals surface area contributed by atoms with Gasteiger partial charge in [-0.15, -0.1) is 0 Å². The Hall–Kier alpha value is -0.830. The first-order valence-corrected chi connectivity index (χ1v) is 3.51. The highest BCUT2D eigenvalue weighted by Gasteiger charge is 2.35. The summed E-state index contributed by atoms with van der Waals surface area (Å²) >= 11 is 0. The molecule has 0 saturated heterocycles. The molecule has 10 heavy (non-hydrogen) atoms. The molecule has 1 fully saturated rings. The van der Waals surface area contributed by atoms with Gasteiger partial charge in [-0.2, -0.15) is 5.10 Å². The van der Waals surface area contributed by atoms with Crippen LogP contribution < -0.4 is 5.73 Å². The van der Waals surface area contributed by atoms with E-state index in [9.17, 15) is 0 Å². The summed E-state index contributed by atoms with van der Waals surface area (Å²) in [4.78, 5) is 0. The first-order chi connectivity index (χ1) is 4.77. The van der Waals surface area contributed by atoms with Crippen LogP contribution in [0, 0.1) is 0 Å². The monoisotopic (exact) mass is 137 g/mol. The van der Waals surface area contributed by atoms with E-state index in [1.165, 1.54) is 5.56 Å². The third-order valence-corrected chi connectivity index (χ3v) is 1.99. The number of aromatic nitrogens is 2. The molecule has 1 aliphatic carbocycles. The van der Waals surface area contributed by atoms with Crippen molar-refractivity contribution in [3.63, 3.8) is 0 Å². The fourth-order valence-electron chi connectivity index (χ4n) is 1.23. The van der Waals surface area contributed by atoms with Crippen molar-refractivity contribution in [2.24, 2.45) is 12.8 Å². The zero-order chi connectivity index (χ0) is 7.14. The average Bonchev–Trinajstić information content (AvgIpc) is 2.42. The summed E-state index contributed by atoms with van der Waals surface area (Å²) in [6, 6.07) is 0.393. The minimum atomic E-state index is 0.393. The van der Waals surface area contributed by atoms with E-state index in [1.54, 1.807) is 0 Å². The van der Waals surface area contributed by atoms with Crippen molar-refractivity contribution >= 4 is 0 Å². The molecule has 0 aromatic carbocycles. The van der Waals surface area contributed by atoms with Gasteiger partial charge in [0.2, 0.25) is 0 Å². The van der Waals surface area contributed by atoms with Crippen LogP contribution in [0.15, 0.2) is 12.4 Å². The molecule has 1 aliphatic rings. The molecular formula is C7H11N3. The average molecular weight is 137 g/mol. The molecule has 2 N–H and O–H groups in total. The number of nitrogens with zero attached hydrogens (tertiary/aromatic N) is 2. The molecule has 1 aromatic heterocycles. The van der Waals surface area contributed by atoms with Crippen molar-refractivity contribution in [2.75, 3.05) is 0 Å². The smallest absolute Gasteiger partial charge is 0.0525 e. The standard InChI is InChI=1S/C7H11N3/c1-10-4-5(3-9-10)6-2-7(6)8/h3-4,6-7H,2,8H2,1H3/t6-,7+/m1/s1. The van der Waals surface area contributed by atoms with Crippen LogP contribution in [0.3, 0.4) is 0 Å². The molecular weight excluding hydrogens is 126 g/mol. The highest BCUT2D eigenvalue weighted by atomic mass is 15.2. The Kier molecular flexibility index (Phi) is 1.08. The largest absolute Gasteiger partial charge is 0.327 e. The summed E-state index contributed by atoms with van der Waals surface area (Å²) in [5, 5.41) is 4.07. The third kappa shape index (κ3) is 0.827. The van der Waals surface area contributed by atoms with Crippen LogP contribution in [0.4, 0.5) is 0 Å². The van der Waals surface area contributed by atoms with Gasteiger partial charge >= 0.3 is 0 Å². The lowest BCUT2D eigenvalue weighted by molar-refractivity contribution is 0.766. The Morgan fingerprint density at radius 3 is 2.90 bits per heavy atom. The molecule has 0 amide bonds. The van der Waals surface area contributed by atoms with Crippen molar-refractivity contribution < 1.29 is 0 Å². The summed E-state index contributed by atoms with van der Waals surface area (Å²) in [5.41, 5.74) is 6.96. The van der Waals surface area contributed by atoms with Crippen LogP contribution in [0.2, 0.25) is 0 Å². The highest BCUT2D eigenvalue weighted by Crippen LogP contribution is 2.38. The van der Waals surface area contributed by atoms with Gasteiger partial charge in [0.25, 0.3) is 0 Å². The molecule has 2 atom stereocenters. The van der Waals surface area contributed by atoms with E-state index >= 15 is 0 Å². The van der Waals surface area contributed by atoms with Crippen LogP contribution in [0.1, 0.15) is 17.9 Å². The number of rotatable bonds is 1. The fraction of sp³-hybridized carbons (Fsp3) is 0.571. The van der Waals surface area contributed by atoms with E-state index in [1.807, 2.05) is 24.1 Å². The molecule has 1 saturated carbocycles. The maximum atomic E-state index is 5.67. The van der Waals surface area contributed by atoms with Gasteiger partial charge in [-0.3, -0.25) is 4.68 Å². The Bertz CT molecular complexity index is 241. The molecule has 2 rings (SSSR count). The van der Waals surface area contributed by atoms with E-state index in [4.69, 9.17) is 5.73 Å². The SMILES string of the molecule is Cn1cc([C@H]2C[C@@H]2N)cn1. The first-order valence-electron chi connectivity index (χ1n) is 3.51. The van der Waals surface area contributed by atoms with Crippen LogP contribution in [0.5, 0.6) is 0 Å². The minimum absolute atomic E-state index is 0.393. The Morgan fingerprint density at radius 1 is 1.80 bits per heavy atom. The summed E-state index contributed by atoms with van der Waals surface area (Å²) in [6.45, 7) is 0. The lowest BCUT2D eigenvalue weighted by atomic mass is 10.2. The van der Waals surface area contributed by atoms with Crippen molar-refractivity contribution in [3.8, 4) is 0 Å². The number of hydrogen-bond acceptors (Lipinski definition) is 2. The van der Waals surface area contributed by atoms with Crippen LogP contribution in [0.25, 0.3) is 0 Å².